The molecule has 0 aliphatic carbocycles. The molecular formula is C14H17BrN2OS. The van der Waals surface area contributed by atoms with E-state index in [1.165, 1.54) is 4.88 Å². The van der Waals surface area contributed by atoms with Crippen LogP contribution in [0.15, 0.2) is 34.2 Å². The van der Waals surface area contributed by atoms with Crippen molar-refractivity contribution in [2.45, 2.75) is 26.9 Å². The van der Waals surface area contributed by atoms with Gasteiger partial charge in [0, 0.05) is 28.6 Å². The van der Waals surface area contributed by atoms with Crippen LogP contribution in [0, 0.1) is 0 Å². The standard InChI is InChI=1S/C14H17BrN2OS/c1-3-16-9-11(15)8-13(16)14(18)17(4-2)10-12-6-5-7-19-12/h5-9H,3-4,10H2,1-2H3. The molecule has 1 amide bonds. The van der Waals surface area contributed by atoms with Gasteiger partial charge in [0.1, 0.15) is 5.69 Å². The smallest absolute Gasteiger partial charge is 0.270 e. The number of nitrogens with zero attached hydrogens (tertiary/aromatic N) is 2. The van der Waals surface area contributed by atoms with Crippen LogP contribution in [0.4, 0.5) is 0 Å². The molecule has 0 atom stereocenters. The van der Waals surface area contributed by atoms with Crippen molar-refractivity contribution in [2.75, 3.05) is 6.54 Å². The fourth-order valence-electron chi connectivity index (χ4n) is 2.00. The van der Waals surface area contributed by atoms with Gasteiger partial charge < -0.3 is 9.47 Å². The van der Waals surface area contributed by atoms with E-state index in [-0.39, 0.29) is 5.91 Å². The molecule has 0 aromatic carbocycles. The molecule has 0 aliphatic heterocycles. The van der Waals surface area contributed by atoms with E-state index in [0.29, 0.717) is 13.1 Å². The van der Waals surface area contributed by atoms with Gasteiger partial charge in [-0.1, -0.05) is 6.07 Å². The third-order valence-corrected chi connectivity index (χ3v) is 4.31. The molecule has 0 unspecified atom stereocenters. The Labute approximate surface area is 126 Å². The highest BCUT2D eigenvalue weighted by molar-refractivity contribution is 9.10. The molecule has 2 rings (SSSR count). The predicted octanol–water partition coefficient (Wildman–Crippen LogP) is 3.99. The molecule has 102 valence electrons. The van der Waals surface area contributed by atoms with Crippen molar-refractivity contribution < 1.29 is 4.79 Å². The molecule has 2 aromatic heterocycles. The second-order valence-electron chi connectivity index (χ2n) is 4.23. The number of aromatic nitrogens is 1. The van der Waals surface area contributed by atoms with E-state index < -0.39 is 0 Å². The van der Waals surface area contributed by atoms with Crippen LogP contribution in [0.1, 0.15) is 29.2 Å². The van der Waals surface area contributed by atoms with Crippen molar-refractivity contribution in [3.05, 3.63) is 44.8 Å². The van der Waals surface area contributed by atoms with E-state index in [1.54, 1.807) is 11.3 Å². The molecule has 0 aliphatic rings. The lowest BCUT2D eigenvalue weighted by atomic mass is 10.3. The second-order valence-corrected chi connectivity index (χ2v) is 6.18. The third-order valence-electron chi connectivity index (χ3n) is 3.02. The van der Waals surface area contributed by atoms with Crippen LogP contribution in [0.3, 0.4) is 0 Å². The van der Waals surface area contributed by atoms with Crippen molar-refractivity contribution >= 4 is 33.2 Å². The molecule has 19 heavy (non-hydrogen) atoms. The van der Waals surface area contributed by atoms with Crippen LogP contribution in [-0.4, -0.2) is 21.9 Å². The Morgan fingerprint density at radius 1 is 1.47 bits per heavy atom. The molecule has 0 bridgehead atoms. The summed E-state index contributed by atoms with van der Waals surface area (Å²) in [4.78, 5) is 15.7. The maximum absolute atomic E-state index is 12.6. The van der Waals surface area contributed by atoms with Gasteiger partial charge in [-0.15, -0.1) is 11.3 Å². The van der Waals surface area contributed by atoms with Gasteiger partial charge in [-0.2, -0.15) is 0 Å². The van der Waals surface area contributed by atoms with Gasteiger partial charge in [0.05, 0.1) is 6.54 Å². The summed E-state index contributed by atoms with van der Waals surface area (Å²) >= 11 is 5.12. The monoisotopic (exact) mass is 340 g/mol. The summed E-state index contributed by atoms with van der Waals surface area (Å²) in [7, 11) is 0. The maximum Gasteiger partial charge on any atom is 0.270 e. The van der Waals surface area contributed by atoms with Crippen LogP contribution in [-0.2, 0) is 13.1 Å². The lowest BCUT2D eigenvalue weighted by Gasteiger charge is -2.20. The highest BCUT2D eigenvalue weighted by Gasteiger charge is 2.19. The third kappa shape index (κ3) is 3.28. The topological polar surface area (TPSA) is 25.2 Å². The summed E-state index contributed by atoms with van der Waals surface area (Å²) in [6.07, 6.45) is 1.95. The lowest BCUT2D eigenvalue weighted by Crippen LogP contribution is -2.31. The maximum atomic E-state index is 12.6. The molecule has 2 aromatic rings. The first-order chi connectivity index (χ1) is 9.15. The van der Waals surface area contributed by atoms with Gasteiger partial charge in [0.25, 0.3) is 5.91 Å². The Morgan fingerprint density at radius 3 is 2.84 bits per heavy atom. The van der Waals surface area contributed by atoms with Crippen LogP contribution < -0.4 is 0 Å². The van der Waals surface area contributed by atoms with Crippen molar-refractivity contribution in [2.24, 2.45) is 0 Å². The normalized spacial score (nSPS) is 10.7. The first-order valence-electron chi connectivity index (χ1n) is 6.33. The Balaban J connectivity index is 2.20. The summed E-state index contributed by atoms with van der Waals surface area (Å²) < 4.78 is 2.92. The molecule has 0 radical (unpaired) electrons. The largest absolute Gasteiger partial charge is 0.343 e. The number of carbonyl (C=O) groups excluding carboxylic acids is 1. The van der Waals surface area contributed by atoms with E-state index in [1.807, 2.05) is 47.0 Å². The van der Waals surface area contributed by atoms with Crippen molar-refractivity contribution in [1.29, 1.82) is 0 Å². The van der Waals surface area contributed by atoms with Gasteiger partial charge in [0.15, 0.2) is 0 Å². The first kappa shape index (κ1) is 14.3. The summed E-state index contributed by atoms with van der Waals surface area (Å²) in [6, 6.07) is 5.97. The van der Waals surface area contributed by atoms with E-state index in [9.17, 15) is 4.79 Å². The zero-order chi connectivity index (χ0) is 13.8. The highest BCUT2D eigenvalue weighted by Crippen LogP contribution is 2.19. The number of carbonyl (C=O) groups is 1. The highest BCUT2D eigenvalue weighted by atomic mass is 79.9. The minimum atomic E-state index is 0.0865. The summed E-state index contributed by atoms with van der Waals surface area (Å²) in [6.45, 7) is 6.24. The Bertz CT molecular complexity index is 548. The minimum absolute atomic E-state index is 0.0865. The quantitative estimate of drug-likeness (QED) is 0.807. The van der Waals surface area contributed by atoms with E-state index >= 15 is 0 Å². The number of amides is 1. The SMILES string of the molecule is CCN(Cc1cccs1)C(=O)c1cc(Br)cn1CC. The number of hydrogen-bond donors (Lipinski definition) is 0. The van der Waals surface area contributed by atoms with E-state index in [4.69, 9.17) is 0 Å². The number of aryl methyl sites for hydroxylation is 1. The Kier molecular flexibility index (Phi) is 4.82. The lowest BCUT2D eigenvalue weighted by molar-refractivity contribution is 0.0743. The molecule has 0 fully saturated rings. The summed E-state index contributed by atoms with van der Waals surface area (Å²) in [5, 5.41) is 2.04. The molecule has 5 heteroatoms. The number of rotatable bonds is 5. The zero-order valence-corrected chi connectivity index (χ0v) is 13.5. The van der Waals surface area contributed by atoms with Gasteiger partial charge >= 0.3 is 0 Å². The number of thiophene rings is 1. The molecule has 3 nitrogen and oxygen atoms in total. The van der Waals surface area contributed by atoms with Crippen molar-refractivity contribution in [1.82, 2.24) is 9.47 Å². The van der Waals surface area contributed by atoms with Gasteiger partial charge in [-0.3, -0.25) is 4.79 Å². The first-order valence-corrected chi connectivity index (χ1v) is 8.00. The van der Waals surface area contributed by atoms with E-state index in [2.05, 4.69) is 22.0 Å². The van der Waals surface area contributed by atoms with Crippen molar-refractivity contribution in [3.63, 3.8) is 0 Å². The second kappa shape index (κ2) is 6.39. The van der Waals surface area contributed by atoms with Crippen LogP contribution in [0.5, 0.6) is 0 Å². The summed E-state index contributed by atoms with van der Waals surface area (Å²) in [5.74, 6) is 0.0865. The van der Waals surface area contributed by atoms with Crippen LogP contribution in [0.2, 0.25) is 0 Å². The Hall–Kier alpha value is -1.07. The van der Waals surface area contributed by atoms with Crippen LogP contribution in [0.25, 0.3) is 0 Å². The molecule has 0 N–H and O–H groups in total. The molecule has 0 saturated carbocycles. The zero-order valence-electron chi connectivity index (χ0n) is 11.1. The number of halogens is 1. The minimum Gasteiger partial charge on any atom is -0.343 e. The molecule has 0 saturated heterocycles. The number of hydrogen-bond acceptors (Lipinski definition) is 2. The Morgan fingerprint density at radius 2 is 2.26 bits per heavy atom. The molecule has 2 heterocycles. The molecule has 0 spiro atoms. The fourth-order valence-corrected chi connectivity index (χ4v) is 3.18. The van der Waals surface area contributed by atoms with Gasteiger partial charge in [-0.05, 0) is 47.3 Å². The molecular weight excluding hydrogens is 324 g/mol. The van der Waals surface area contributed by atoms with Gasteiger partial charge in [-0.25, -0.2) is 0 Å². The fraction of sp³-hybridized carbons (Fsp3) is 0.357. The van der Waals surface area contributed by atoms with E-state index in [0.717, 1.165) is 16.7 Å². The average Bonchev–Trinajstić information content (AvgIpc) is 3.04. The van der Waals surface area contributed by atoms with Crippen molar-refractivity contribution in [3.8, 4) is 0 Å². The summed E-state index contributed by atoms with van der Waals surface area (Å²) in [5.41, 5.74) is 0.743. The van der Waals surface area contributed by atoms with Gasteiger partial charge in [0.2, 0.25) is 0 Å². The van der Waals surface area contributed by atoms with Crippen LogP contribution >= 0.6 is 27.3 Å². The average molecular weight is 341 g/mol. The predicted molar refractivity (Wildman–Crippen MR) is 82.5 cm³/mol.